The molecule has 0 fully saturated rings. The number of hydrogen-bond acceptors (Lipinski definition) is 4. The van der Waals surface area contributed by atoms with E-state index in [1.54, 1.807) is 21.3 Å². The number of benzene rings is 1. The molecule has 0 saturated carbocycles. The van der Waals surface area contributed by atoms with Gasteiger partial charge in [-0.3, -0.25) is 4.99 Å². The maximum absolute atomic E-state index is 5.39. The van der Waals surface area contributed by atoms with Crippen molar-refractivity contribution in [2.45, 2.75) is 13.0 Å². The second-order valence-corrected chi connectivity index (χ2v) is 6.37. The number of aliphatic imine (C=N–C) groups is 1. The van der Waals surface area contributed by atoms with E-state index in [1.165, 1.54) is 0 Å². The van der Waals surface area contributed by atoms with E-state index in [1.807, 2.05) is 18.2 Å². The number of halogens is 2. The molecule has 0 atom stereocenters. The standard InChI is InChI=1S/C17H29BrN4O2.HI/c1-19-17(20-8-10-22(2)9-5-11-23-3)21-13-14-12-15(18)6-7-16(14)24-4;/h6-7,12H,5,8-11,13H2,1-4H3,(H2,19,20,21);1H. The van der Waals surface area contributed by atoms with Gasteiger partial charge in [-0.2, -0.15) is 0 Å². The van der Waals surface area contributed by atoms with E-state index < -0.39 is 0 Å². The van der Waals surface area contributed by atoms with E-state index in [2.05, 4.69) is 43.5 Å². The fourth-order valence-electron chi connectivity index (χ4n) is 2.24. The van der Waals surface area contributed by atoms with Crippen molar-refractivity contribution in [1.82, 2.24) is 15.5 Å². The lowest BCUT2D eigenvalue weighted by Gasteiger charge is -2.18. The van der Waals surface area contributed by atoms with Gasteiger partial charge in [0.25, 0.3) is 0 Å². The van der Waals surface area contributed by atoms with E-state index in [9.17, 15) is 0 Å². The summed E-state index contributed by atoms with van der Waals surface area (Å²) < 4.78 is 11.5. The molecule has 0 heterocycles. The number of ether oxygens (including phenoxy) is 2. The molecular weight excluding hydrogens is 499 g/mol. The smallest absolute Gasteiger partial charge is 0.191 e. The van der Waals surface area contributed by atoms with Crippen molar-refractivity contribution in [3.05, 3.63) is 28.2 Å². The van der Waals surface area contributed by atoms with E-state index in [0.29, 0.717) is 6.54 Å². The molecular formula is C17H30BrIN4O2. The Morgan fingerprint density at radius 1 is 1.24 bits per heavy atom. The van der Waals surface area contributed by atoms with Crippen LogP contribution in [0.2, 0.25) is 0 Å². The molecule has 144 valence electrons. The molecule has 0 saturated heterocycles. The SMILES string of the molecule is CN=C(NCCN(C)CCCOC)NCc1cc(Br)ccc1OC.I. The second kappa shape index (κ2) is 14.6. The van der Waals surface area contributed by atoms with Crippen molar-refractivity contribution < 1.29 is 9.47 Å². The van der Waals surface area contributed by atoms with Crippen LogP contribution in [0, 0.1) is 0 Å². The average Bonchev–Trinajstić information content (AvgIpc) is 2.58. The molecule has 1 aromatic rings. The fraction of sp³-hybridized carbons (Fsp3) is 0.588. The van der Waals surface area contributed by atoms with Crippen molar-refractivity contribution in [3.8, 4) is 5.75 Å². The first-order chi connectivity index (χ1) is 11.6. The summed E-state index contributed by atoms with van der Waals surface area (Å²) in [6.07, 6.45) is 1.04. The van der Waals surface area contributed by atoms with Gasteiger partial charge in [0.2, 0.25) is 0 Å². The molecule has 0 amide bonds. The number of guanidine groups is 1. The lowest BCUT2D eigenvalue weighted by Crippen LogP contribution is -2.40. The van der Waals surface area contributed by atoms with Gasteiger partial charge in [0.15, 0.2) is 5.96 Å². The number of nitrogens with zero attached hydrogens (tertiary/aromatic N) is 2. The van der Waals surface area contributed by atoms with Gasteiger partial charge >= 0.3 is 0 Å². The number of likely N-dealkylation sites (N-methyl/N-ethyl adjacent to an activating group) is 1. The molecule has 1 rings (SSSR count). The molecule has 0 aliphatic carbocycles. The van der Waals surface area contributed by atoms with E-state index in [4.69, 9.17) is 9.47 Å². The Morgan fingerprint density at radius 2 is 2.00 bits per heavy atom. The molecule has 0 aliphatic rings. The summed E-state index contributed by atoms with van der Waals surface area (Å²) >= 11 is 3.49. The van der Waals surface area contributed by atoms with Crippen molar-refractivity contribution >= 4 is 45.9 Å². The molecule has 0 unspecified atom stereocenters. The van der Waals surface area contributed by atoms with Crippen LogP contribution in [0.1, 0.15) is 12.0 Å². The van der Waals surface area contributed by atoms with Gasteiger partial charge in [-0.25, -0.2) is 0 Å². The molecule has 0 radical (unpaired) electrons. The van der Waals surface area contributed by atoms with Crippen molar-refractivity contribution in [2.75, 3.05) is 54.6 Å². The quantitative estimate of drug-likeness (QED) is 0.212. The molecule has 6 nitrogen and oxygen atoms in total. The predicted molar refractivity (Wildman–Crippen MR) is 118 cm³/mol. The lowest BCUT2D eigenvalue weighted by atomic mass is 10.2. The van der Waals surface area contributed by atoms with Crippen LogP contribution in [0.25, 0.3) is 0 Å². The van der Waals surface area contributed by atoms with Gasteiger partial charge in [0, 0.05) is 57.0 Å². The monoisotopic (exact) mass is 528 g/mol. The Morgan fingerprint density at radius 3 is 2.64 bits per heavy atom. The Balaban J connectivity index is 0.00000576. The minimum Gasteiger partial charge on any atom is -0.496 e. The van der Waals surface area contributed by atoms with E-state index in [0.717, 1.165) is 54.4 Å². The van der Waals surface area contributed by atoms with Gasteiger partial charge in [-0.05, 0) is 31.7 Å². The molecule has 0 bridgehead atoms. The summed E-state index contributed by atoms with van der Waals surface area (Å²) in [5.74, 6) is 1.64. The zero-order valence-corrected chi connectivity index (χ0v) is 19.4. The van der Waals surface area contributed by atoms with Crippen molar-refractivity contribution in [3.63, 3.8) is 0 Å². The zero-order valence-electron chi connectivity index (χ0n) is 15.5. The summed E-state index contributed by atoms with van der Waals surface area (Å²) in [7, 11) is 7.30. The highest BCUT2D eigenvalue weighted by Gasteiger charge is 2.05. The van der Waals surface area contributed by atoms with Gasteiger partial charge in [-0.15, -0.1) is 24.0 Å². The molecule has 8 heteroatoms. The van der Waals surface area contributed by atoms with Crippen LogP contribution in [0.5, 0.6) is 5.75 Å². The highest BCUT2D eigenvalue weighted by atomic mass is 127. The molecule has 2 N–H and O–H groups in total. The van der Waals surface area contributed by atoms with Gasteiger partial charge in [-0.1, -0.05) is 15.9 Å². The Bertz CT molecular complexity index is 517. The second-order valence-electron chi connectivity index (χ2n) is 5.46. The molecule has 0 spiro atoms. The predicted octanol–water partition coefficient (Wildman–Crippen LogP) is 2.71. The third-order valence-corrected chi connectivity index (χ3v) is 4.08. The fourth-order valence-corrected chi connectivity index (χ4v) is 2.65. The first kappa shape index (κ1) is 24.4. The minimum atomic E-state index is 0. The Hall–Kier alpha value is -0.580. The number of rotatable bonds is 10. The van der Waals surface area contributed by atoms with Crippen molar-refractivity contribution in [2.24, 2.45) is 4.99 Å². The van der Waals surface area contributed by atoms with Crippen molar-refractivity contribution in [1.29, 1.82) is 0 Å². The topological polar surface area (TPSA) is 58.1 Å². The number of hydrogen-bond donors (Lipinski definition) is 2. The lowest BCUT2D eigenvalue weighted by molar-refractivity contribution is 0.180. The first-order valence-corrected chi connectivity index (χ1v) is 8.84. The van der Waals surface area contributed by atoms with Crippen LogP contribution < -0.4 is 15.4 Å². The van der Waals surface area contributed by atoms with Gasteiger partial charge in [0.1, 0.15) is 5.75 Å². The van der Waals surface area contributed by atoms with Crippen LogP contribution in [0.15, 0.2) is 27.7 Å². The van der Waals surface area contributed by atoms with Gasteiger partial charge in [0.05, 0.1) is 7.11 Å². The van der Waals surface area contributed by atoms with Gasteiger partial charge < -0.3 is 25.0 Å². The molecule has 0 aliphatic heterocycles. The summed E-state index contributed by atoms with van der Waals surface area (Å²) in [6.45, 7) is 4.25. The first-order valence-electron chi connectivity index (χ1n) is 8.05. The highest BCUT2D eigenvalue weighted by Crippen LogP contribution is 2.22. The summed E-state index contributed by atoms with van der Waals surface area (Å²) in [5, 5.41) is 6.64. The van der Waals surface area contributed by atoms with E-state index in [-0.39, 0.29) is 24.0 Å². The number of nitrogens with one attached hydrogen (secondary N) is 2. The molecule has 25 heavy (non-hydrogen) atoms. The van der Waals surface area contributed by atoms with Crippen LogP contribution in [0.4, 0.5) is 0 Å². The summed E-state index contributed by atoms with van der Waals surface area (Å²) in [4.78, 5) is 6.53. The summed E-state index contributed by atoms with van der Waals surface area (Å²) in [5.41, 5.74) is 1.08. The van der Waals surface area contributed by atoms with Crippen LogP contribution in [-0.2, 0) is 11.3 Å². The van der Waals surface area contributed by atoms with Crippen LogP contribution >= 0.6 is 39.9 Å². The summed E-state index contributed by atoms with van der Waals surface area (Å²) in [6, 6.07) is 5.96. The van der Waals surface area contributed by atoms with Crippen LogP contribution in [-0.4, -0.2) is 65.4 Å². The third-order valence-electron chi connectivity index (χ3n) is 3.59. The largest absolute Gasteiger partial charge is 0.496 e. The minimum absolute atomic E-state index is 0. The zero-order chi connectivity index (χ0) is 17.8. The third kappa shape index (κ3) is 10.2. The maximum atomic E-state index is 5.39. The maximum Gasteiger partial charge on any atom is 0.191 e. The Kier molecular flexibility index (Phi) is 14.2. The normalized spacial score (nSPS) is 11.2. The Labute approximate surface area is 176 Å². The number of methoxy groups -OCH3 is 2. The molecule has 1 aromatic carbocycles. The highest BCUT2D eigenvalue weighted by molar-refractivity contribution is 14.0. The molecule has 0 aromatic heterocycles. The van der Waals surface area contributed by atoms with Crippen LogP contribution in [0.3, 0.4) is 0 Å². The van der Waals surface area contributed by atoms with E-state index >= 15 is 0 Å². The average molecular weight is 529 g/mol.